The molecule has 0 aliphatic carbocycles. The van der Waals surface area contributed by atoms with E-state index in [1.807, 2.05) is 60.7 Å². The first-order valence-electron chi connectivity index (χ1n) is 28.4. The molecule has 8 rings (SSSR count). The lowest BCUT2D eigenvalue weighted by Crippen LogP contribution is -2.09. The number of nitrogens with one attached hydrogen (secondary N) is 1. The molecule has 1 aliphatic rings. The normalized spacial score (nSPS) is 12.1. The number of unbranched alkanes of at least 4 members (excludes halogenated alkanes) is 3. The summed E-state index contributed by atoms with van der Waals surface area (Å²) in [6.45, 7) is 10.1. The van der Waals surface area contributed by atoms with Crippen LogP contribution in [-0.2, 0) is 55.3 Å². The molecule has 0 unspecified atom stereocenters. The summed E-state index contributed by atoms with van der Waals surface area (Å²) in [5.41, 5.74) is 6.61. The van der Waals surface area contributed by atoms with Crippen LogP contribution in [0.25, 0.3) is 16.8 Å². The van der Waals surface area contributed by atoms with Gasteiger partial charge in [-0.15, -0.1) is 0 Å². The van der Waals surface area contributed by atoms with E-state index < -0.39 is 23.7 Å². The van der Waals surface area contributed by atoms with Crippen molar-refractivity contribution in [2.24, 2.45) is 0 Å². The topological polar surface area (TPSA) is 187 Å². The van der Waals surface area contributed by atoms with Gasteiger partial charge in [-0.25, -0.2) is 23.6 Å². The van der Waals surface area contributed by atoms with Gasteiger partial charge in [0.2, 0.25) is 0 Å². The Bertz CT molecular complexity index is 3740. The second-order valence-electron chi connectivity index (χ2n) is 20.2. The number of hydrogen-bond donors (Lipinski definition) is 1. The van der Waals surface area contributed by atoms with E-state index in [4.69, 9.17) is 47.9 Å². The Labute approximate surface area is 509 Å². The van der Waals surface area contributed by atoms with Crippen LogP contribution >= 0.6 is 11.8 Å². The van der Waals surface area contributed by atoms with Crippen molar-refractivity contribution >= 4 is 58.2 Å². The van der Waals surface area contributed by atoms with Gasteiger partial charge in [-0.2, -0.15) is 5.26 Å². The Hall–Kier alpha value is -9.79. The summed E-state index contributed by atoms with van der Waals surface area (Å²) >= 11 is 1.49. The number of rotatable bonds is 30. The first-order valence-corrected chi connectivity index (χ1v) is 29.4. The number of esters is 4. The van der Waals surface area contributed by atoms with Gasteiger partial charge in [-0.3, -0.25) is 0 Å². The molecule has 15 nitrogen and oxygen atoms in total. The Kier molecular flexibility index (Phi) is 23.2. The summed E-state index contributed by atoms with van der Waals surface area (Å²) in [5.74, 6) is 1.22. The summed E-state index contributed by atoms with van der Waals surface area (Å²) in [6.07, 6.45) is 12.3. The number of aryl methyl sites for hydroxylation is 4. The van der Waals surface area contributed by atoms with Crippen molar-refractivity contribution in [3.63, 3.8) is 0 Å². The zero-order valence-corrected chi connectivity index (χ0v) is 49.6. The number of carbonyl (C=O) groups excluding carboxylic acids is 4. The van der Waals surface area contributed by atoms with E-state index in [2.05, 4.69) is 24.5 Å². The smallest absolute Gasteiger partial charge is 0.343 e. The third-order valence-electron chi connectivity index (χ3n) is 13.8. The maximum Gasteiger partial charge on any atom is 0.343 e. The molecule has 448 valence electrons. The minimum Gasteiger partial charge on any atom is -0.496 e. The quantitative estimate of drug-likeness (QED) is 0.0194. The molecule has 0 aromatic heterocycles. The van der Waals surface area contributed by atoms with Crippen molar-refractivity contribution in [3.8, 4) is 46.3 Å². The highest BCUT2D eigenvalue weighted by molar-refractivity contribution is 8.02. The number of carbonyl (C=O) groups is 4. The van der Waals surface area contributed by atoms with Gasteiger partial charge in [0.05, 0.1) is 63.7 Å². The summed E-state index contributed by atoms with van der Waals surface area (Å²) in [5, 5.41) is 14.7. The van der Waals surface area contributed by atoms with Gasteiger partial charge in [0.1, 0.15) is 34.9 Å². The number of ether oxygens (including phenoxy) is 9. The van der Waals surface area contributed by atoms with E-state index in [-0.39, 0.29) is 35.4 Å². The number of nitriles is 1. The number of thioether (sulfide) groups is 1. The predicted molar refractivity (Wildman–Crippen MR) is 333 cm³/mol. The van der Waals surface area contributed by atoms with Crippen LogP contribution in [0, 0.1) is 17.1 Å². The third-order valence-corrected chi connectivity index (χ3v) is 14.8. The van der Waals surface area contributed by atoms with E-state index in [1.54, 1.807) is 80.9 Å². The fraction of sp³-hybridized carbons (Fsp3) is 0.243. The highest BCUT2D eigenvalue weighted by Gasteiger charge is 2.20. The highest BCUT2D eigenvalue weighted by Crippen LogP contribution is 2.39. The van der Waals surface area contributed by atoms with E-state index in [0.29, 0.717) is 102 Å². The first kappa shape index (κ1) is 63.2. The van der Waals surface area contributed by atoms with Crippen LogP contribution < -0.4 is 38.5 Å². The molecule has 0 radical (unpaired) electrons. The van der Waals surface area contributed by atoms with E-state index in [9.17, 15) is 23.6 Å². The molecule has 1 heterocycles. The SMILES string of the molecule is C=CC(=O)OCCCOc1ccc2cc(C(=O)Oc3ccc(/C=C/C(=O)Oc4cc(OC)c(CCc5ccc(OCCCCCCOC(=O)C(=C)C)cc5)cc4N/C=C4/Oc5ccc(CCc6ccc(C#N)c(F)c6)cc5CS4)cc3OC)ccc2c1. The summed E-state index contributed by atoms with van der Waals surface area (Å²) in [6, 6.07) is 39.7. The molecular weight excluding hydrogens is 1130 g/mol. The van der Waals surface area contributed by atoms with E-state index in [1.165, 1.54) is 37.1 Å². The van der Waals surface area contributed by atoms with Crippen molar-refractivity contribution in [1.82, 2.24) is 0 Å². The van der Waals surface area contributed by atoms with Crippen LogP contribution in [0.2, 0.25) is 0 Å². The molecule has 17 heteroatoms. The van der Waals surface area contributed by atoms with Crippen LogP contribution in [0.15, 0.2) is 170 Å². The zero-order chi connectivity index (χ0) is 61.5. The Morgan fingerprint density at radius 1 is 0.667 bits per heavy atom. The maximum atomic E-state index is 14.3. The third kappa shape index (κ3) is 18.9. The second-order valence-corrected chi connectivity index (χ2v) is 21.2. The molecule has 7 aromatic rings. The largest absolute Gasteiger partial charge is 0.496 e. The van der Waals surface area contributed by atoms with E-state index >= 15 is 0 Å². The number of hydrogen-bond acceptors (Lipinski definition) is 16. The van der Waals surface area contributed by atoms with Crippen LogP contribution in [0.1, 0.15) is 88.3 Å². The molecule has 0 saturated heterocycles. The Morgan fingerprint density at radius 3 is 2.11 bits per heavy atom. The minimum absolute atomic E-state index is 0.0227. The molecule has 1 N–H and O–H groups in total. The molecule has 1 aliphatic heterocycles. The summed E-state index contributed by atoms with van der Waals surface area (Å²) < 4.78 is 65.9. The summed E-state index contributed by atoms with van der Waals surface area (Å²) in [4.78, 5) is 50.0. The fourth-order valence-electron chi connectivity index (χ4n) is 9.10. The van der Waals surface area contributed by atoms with Crippen molar-refractivity contribution in [1.29, 1.82) is 5.26 Å². The molecular formula is C70H67FN2O13S. The van der Waals surface area contributed by atoms with Gasteiger partial charge >= 0.3 is 23.9 Å². The van der Waals surface area contributed by atoms with Crippen LogP contribution in [-0.4, -0.2) is 64.5 Å². The molecule has 0 bridgehead atoms. The molecule has 87 heavy (non-hydrogen) atoms. The lowest BCUT2D eigenvalue weighted by atomic mass is 10.0. The molecule has 7 aromatic carbocycles. The van der Waals surface area contributed by atoms with Gasteiger partial charge in [0, 0.05) is 41.5 Å². The number of methoxy groups -OCH3 is 2. The molecule has 0 spiro atoms. The van der Waals surface area contributed by atoms with Crippen molar-refractivity contribution in [3.05, 3.63) is 220 Å². The molecule has 0 saturated carbocycles. The lowest BCUT2D eigenvalue weighted by Gasteiger charge is -2.20. The van der Waals surface area contributed by atoms with Gasteiger partial charge in [-0.1, -0.05) is 73.5 Å². The Balaban J connectivity index is 0.912. The van der Waals surface area contributed by atoms with Gasteiger partial charge in [0.25, 0.3) is 0 Å². The van der Waals surface area contributed by atoms with E-state index in [0.717, 1.165) is 76.1 Å². The number of halogens is 1. The van der Waals surface area contributed by atoms with Crippen LogP contribution in [0.3, 0.4) is 0 Å². The van der Waals surface area contributed by atoms with Crippen molar-refractivity contribution < 1.29 is 66.2 Å². The van der Waals surface area contributed by atoms with Gasteiger partial charge < -0.3 is 47.9 Å². The standard InChI is InChI=1S/C70H67FN2O13S/c1-6-66(74)82-35-11-34-81-58-28-25-51-39-54(24-23-52(51)40-58)70(77)86-62-30-19-50(38-65(62)79-5)20-31-67(75)84-64-42-63(78-4)53(21-14-47-16-26-57(27-17-47)80-32-9-7-8-10-33-83-69(76)46(2)3)41-60(64)73-44-68-85-61-29-18-48(36-56(61)45-87-68)12-13-49-15-22-55(43-72)59(71)37-49/h6,15-20,22-31,36-42,44,73H,1-2,7-14,21,32-35,45H2,3-5H3/b31-20+,68-44-. The average molecular weight is 1200 g/mol. The van der Waals surface area contributed by atoms with Gasteiger partial charge in [-0.05, 0) is 176 Å². The first-order chi connectivity index (χ1) is 42.3. The predicted octanol–water partition coefficient (Wildman–Crippen LogP) is 14.4. The highest BCUT2D eigenvalue weighted by atomic mass is 32.2. The summed E-state index contributed by atoms with van der Waals surface area (Å²) in [7, 11) is 3.01. The van der Waals surface area contributed by atoms with Gasteiger partial charge in [0.15, 0.2) is 22.3 Å². The maximum absolute atomic E-state index is 14.3. The second kappa shape index (κ2) is 31.9. The molecule has 0 amide bonds. The Morgan fingerprint density at radius 2 is 1.36 bits per heavy atom. The number of fused-ring (bicyclic) bond motifs is 2. The average Bonchev–Trinajstić information content (AvgIpc) is 3.62. The number of anilines is 1. The fourth-order valence-corrected chi connectivity index (χ4v) is 9.92. The van der Waals surface area contributed by atoms with Crippen LogP contribution in [0.5, 0.6) is 40.2 Å². The lowest BCUT2D eigenvalue weighted by molar-refractivity contribution is -0.139. The zero-order valence-electron chi connectivity index (χ0n) is 48.8. The number of nitrogens with zero attached hydrogens (tertiary/aromatic N) is 1. The molecule has 0 atom stereocenters. The van der Waals surface area contributed by atoms with Crippen LogP contribution in [0.4, 0.5) is 10.1 Å². The van der Waals surface area contributed by atoms with Crippen molar-refractivity contribution in [2.75, 3.05) is 46.0 Å². The molecule has 0 fully saturated rings. The monoisotopic (exact) mass is 1190 g/mol. The minimum atomic E-state index is -0.683. The van der Waals surface area contributed by atoms with Crippen molar-refractivity contribution in [2.45, 2.75) is 70.5 Å². The number of benzene rings is 7.